The first-order chi connectivity index (χ1) is 16.8. The van der Waals surface area contributed by atoms with Gasteiger partial charge < -0.3 is 4.90 Å². The van der Waals surface area contributed by atoms with Crippen LogP contribution in [0.3, 0.4) is 0 Å². The minimum atomic E-state index is -0.599. The zero-order valence-corrected chi connectivity index (χ0v) is 20.1. The van der Waals surface area contributed by atoms with Crippen molar-refractivity contribution in [2.45, 2.75) is 31.7 Å². The van der Waals surface area contributed by atoms with Gasteiger partial charge in [0.25, 0.3) is 11.6 Å². The van der Waals surface area contributed by atoms with E-state index >= 15 is 0 Å². The Morgan fingerprint density at radius 1 is 1.11 bits per heavy atom. The molecule has 3 aromatic rings. The first-order valence-corrected chi connectivity index (χ1v) is 12.0. The zero-order chi connectivity index (χ0) is 24.7. The van der Waals surface area contributed by atoms with Crippen molar-refractivity contribution < 1.29 is 14.1 Å². The number of fused-ring (bicyclic) bond motifs is 2. The van der Waals surface area contributed by atoms with Crippen LogP contribution in [0.1, 0.15) is 39.9 Å². The minimum absolute atomic E-state index is 0.0205. The highest BCUT2D eigenvalue weighted by molar-refractivity contribution is 6.32. The summed E-state index contributed by atoms with van der Waals surface area (Å²) in [6, 6.07) is 17.1. The molecule has 0 aromatic heterocycles. The van der Waals surface area contributed by atoms with Crippen LogP contribution in [0.5, 0.6) is 0 Å². The van der Waals surface area contributed by atoms with E-state index in [9.17, 15) is 19.3 Å². The summed E-state index contributed by atoms with van der Waals surface area (Å²) in [5, 5.41) is 11.3. The Labute approximate surface area is 208 Å². The Bertz CT molecular complexity index is 1320. The van der Waals surface area contributed by atoms with Gasteiger partial charge in [0.2, 0.25) is 0 Å². The van der Waals surface area contributed by atoms with Crippen molar-refractivity contribution in [1.82, 2.24) is 4.90 Å². The maximum Gasteiger partial charge on any atom is 0.288 e. The number of nitro benzene ring substituents is 1. The van der Waals surface area contributed by atoms with Crippen LogP contribution in [0, 0.1) is 22.9 Å². The highest BCUT2D eigenvalue weighted by Gasteiger charge is 2.46. The van der Waals surface area contributed by atoms with E-state index in [1.54, 1.807) is 17.0 Å². The number of piperidine rings is 1. The molecule has 6 nitrogen and oxygen atoms in total. The van der Waals surface area contributed by atoms with E-state index in [1.807, 2.05) is 0 Å². The first kappa shape index (κ1) is 23.5. The monoisotopic (exact) mass is 493 g/mol. The van der Waals surface area contributed by atoms with Crippen LogP contribution in [-0.2, 0) is 12.0 Å². The Morgan fingerprint density at radius 2 is 1.89 bits per heavy atom. The molecule has 1 saturated heterocycles. The van der Waals surface area contributed by atoms with E-state index in [0.717, 1.165) is 38.0 Å². The SMILES string of the molecule is Cc1cccc(CN2CCC3(CC2)CN(C(=O)c2ccc(Cl)c([N+](=O)[O-])c2)c2ccc(F)cc23)c1. The van der Waals surface area contributed by atoms with E-state index in [1.165, 1.54) is 35.4 Å². The van der Waals surface area contributed by atoms with Crippen molar-refractivity contribution in [3.8, 4) is 0 Å². The quantitative estimate of drug-likeness (QED) is 0.336. The summed E-state index contributed by atoms with van der Waals surface area (Å²) in [5.74, 6) is -0.682. The number of benzene rings is 3. The molecule has 0 atom stereocenters. The summed E-state index contributed by atoms with van der Waals surface area (Å²) in [6.45, 7) is 5.01. The predicted molar refractivity (Wildman–Crippen MR) is 134 cm³/mol. The van der Waals surface area contributed by atoms with Crippen molar-refractivity contribution in [3.05, 3.63) is 104 Å². The topological polar surface area (TPSA) is 66.7 Å². The standard InChI is InChI=1S/C27H25ClFN3O3/c1-18-3-2-4-19(13-18)16-30-11-9-27(10-12-30)17-31(24-8-6-21(29)15-22(24)27)26(33)20-5-7-23(28)25(14-20)32(34)35/h2-8,13-15H,9-12,16-17H2,1H3. The number of amides is 1. The van der Waals surface area contributed by atoms with Crippen LogP contribution < -0.4 is 4.90 Å². The number of carbonyl (C=O) groups is 1. The fraction of sp³-hybridized carbons (Fsp3) is 0.296. The van der Waals surface area contributed by atoms with Gasteiger partial charge in [-0.3, -0.25) is 19.8 Å². The maximum absolute atomic E-state index is 14.3. The van der Waals surface area contributed by atoms with Crippen LogP contribution in [-0.4, -0.2) is 35.4 Å². The Morgan fingerprint density at radius 3 is 2.60 bits per heavy atom. The van der Waals surface area contributed by atoms with Crippen molar-refractivity contribution in [1.29, 1.82) is 0 Å². The van der Waals surface area contributed by atoms with Crippen LogP contribution in [0.2, 0.25) is 5.02 Å². The van der Waals surface area contributed by atoms with Gasteiger partial charge in [0, 0.05) is 35.8 Å². The van der Waals surface area contributed by atoms with Gasteiger partial charge >= 0.3 is 0 Å². The number of aryl methyl sites for hydroxylation is 1. The molecule has 35 heavy (non-hydrogen) atoms. The molecular formula is C27H25ClFN3O3. The molecule has 3 aromatic carbocycles. The average Bonchev–Trinajstić information content (AvgIpc) is 3.13. The van der Waals surface area contributed by atoms with Gasteiger partial charge in [-0.2, -0.15) is 0 Å². The molecule has 2 heterocycles. The second-order valence-electron chi connectivity index (χ2n) is 9.52. The molecule has 1 amide bonds. The number of rotatable bonds is 4. The van der Waals surface area contributed by atoms with Crippen LogP contribution >= 0.6 is 11.6 Å². The number of hydrogen-bond acceptors (Lipinski definition) is 4. The number of hydrogen-bond donors (Lipinski definition) is 0. The third-order valence-electron chi connectivity index (χ3n) is 7.22. The Kier molecular flexibility index (Phi) is 6.07. The minimum Gasteiger partial charge on any atom is -0.307 e. The lowest BCUT2D eigenvalue weighted by atomic mass is 9.74. The van der Waals surface area contributed by atoms with Gasteiger partial charge in [-0.15, -0.1) is 0 Å². The number of anilines is 1. The Hall–Kier alpha value is -3.29. The molecule has 8 heteroatoms. The number of nitro groups is 1. The normalized spacial score (nSPS) is 16.9. The smallest absolute Gasteiger partial charge is 0.288 e. The average molecular weight is 494 g/mol. The predicted octanol–water partition coefficient (Wildman–Crippen LogP) is 5.89. The van der Waals surface area contributed by atoms with Crippen LogP contribution in [0.25, 0.3) is 0 Å². The molecule has 0 radical (unpaired) electrons. The van der Waals surface area contributed by atoms with E-state index in [0.29, 0.717) is 12.2 Å². The van der Waals surface area contributed by atoms with Gasteiger partial charge in [-0.1, -0.05) is 41.4 Å². The third-order valence-corrected chi connectivity index (χ3v) is 7.54. The second-order valence-corrected chi connectivity index (χ2v) is 9.93. The number of halogens is 2. The van der Waals surface area contributed by atoms with E-state index in [2.05, 4.69) is 36.1 Å². The lowest BCUT2D eigenvalue weighted by Gasteiger charge is -2.40. The molecule has 0 unspecified atom stereocenters. The molecule has 2 aliphatic heterocycles. The maximum atomic E-state index is 14.3. The summed E-state index contributed by atoms with van der Waals surface area (Å²) in [4.78, 5) is 28.3. The van der Waals surface area contributed by atoms with Crippen LogP contribution in [0.4, 0.5) is 15.8 Å². The fourth-order valence-corrected chi connectivity index (χ4v) is 5.59. The van der Waals surface area contributed by atoms with E-state index in [4.69, 9.17) is 11.6 Å². The van der Waals surface area contributed by atoms with Crippen molar-refractivity contribution >= 4 is 28.9 Å². The third kappa shape index (κ3) is 4.42. The van der Waals surface area contributed by atoms with Crippen molar-refractivity contribution in [3.63, 3.8) is 0 Å². The Balaban J connectivity index is 1.40. The fourth-order valence-electron chi connectivity index (χ4n) is 5.40. The van der Waals surface area contributed by atoms with Gasteiger partial charge in [-0.25, -0.2) is 4.39 Å². The summed E-state index contributed by atoms with van der Waals surface area (Å²) in [5.41, 5.74) is 3.52. The van der Waals surface area contributed by atoms with Gasteiger partial charge in [0.05, 0.1) is 4.92 Å². The van der Waals surface area contributed by atoms with Crippen molar-refractivity contribution in [2.24, 2.45) is 0 Å². The summed E-state index contributed by atoms with van der Waals surface area (Å²) < 4.78 is 14.3. The number of nitrogens with zero attached hydrogens (tertiary/aromatic N) is 3. The zero-order valence-electron chi connectivity index (χ0n) is 19.3. The summed E-state index contributed by atoms with van der Waals surface area (Å²) in [6.07, 6.45) is 1.58. The second kappa shape index (κ2) is 9.06. The molecule has 1 fully saturated rings. The largest absolute Gasteiger partial charge is 0.307 e. The first-order valence-electron chi connectivity index (χ1n) is 11.6. The number of likely N-dealkylation sites (tertiary alicyclic amines) is 1. The van der Waals surface area contributed by atoms with E-state index < -0.39 is 4.92 Å². The molecule has 1 spiro atoms. The molecule has 0 bridgehead atoms. The molecule has 0 N–H and O–H groups in total. The lowest BCUT2D eigenvalue weighted by Crippen LogP contribution is -2.45. The highest BCUT2D eigenvalue weighted by atomic mass is 35.5. The molecule has 5 rings (SSSR count). The van der Waals surface area contributed by atoms with Gasteiger partial charge in [0.15, 0.2) is 0 Å². The highest BCUT2D eigenvalue weighted by Crippen LogP contribution is 2.48. The molecule has 0 aliphatic carbocycles. The van der Waals surface area contributed by atoms with Gasteiger partial charge in [-0.05, 0) is 74.3 Å². The molecule has 2 aliphatic rings. The summed E-state index contributed by atoms with van der Waals surface area (Å²) in [7, 11) is 0. The van der Waals surface area contributed by atoms with Gasteiger partial charge in [0.1, 0.15) is 10.8 Å². The molecule has 180 valence electrons. The summed E-state index contributed by atoms with van der Waals surface area (Å²) >= 11 is 5.94. The lowest BCUT2D eigenvalue weighted by molar-refractivity contribution is -0.384. The molecule has 0 saturated carbocycles. The number of carbonyl (C=O) groups excluding carboxylic acids is 1. The molecular weight excluding hydrogens is 469 g/mol. The van der Waals surface area contributed by atoms with Crippen LogP contribution in [0.15, 0.2) is 60.7 Å². The van der Waals surface area contributed by atoms with Crippen molar-refractivity contribution in [2.75, 3.05) is 24.5 Å². The van der Waals surface area contributed by atoms with E-state index in [-0.39, 0.29) is 33.4 Å².